The van der Waals surface area contributed by atoms with Crippen LogP contribution in [0, 0.1) is 0 Å². The van der Waals surface area contributed by atoms with Crippen LogP contribution in [-0.2, 0) is 11.6 Å². The first-order valence-electron chi connectivity index (χ1n) is 0.945. The number of hydrogen-bond donors (Lipinski definition) is 0. The minimum atomic E-state index is -5.21. The van der Waals surface area contributed by atoms with Gasteiger partial charge in [-0.3, -0.25) is 0 Å². The average molecular weight is 209 g/mol. The molecule has 6 heavy (non-hydrogen) atoms. The van der Waals surface area contributed by atoms with Crippen molar-refractivity contribution in [2.45, 2.75) is 0 Å². The van der Waals surface area contributed by atoms with Crippen LogP contribution in [0.4, 0.5) is 3.09 Å². The maximum atomic E-state index is 11.6. The predicted octanol–water partition coefficient (Wildman–Crippen LogP) is 3.18. The SMILES string of the molecule is [F][Ti]([Cl])([Cl])([Cl])[Cl]. The third kappa shape index (κ3) is 41.2. The van der Waals surface area contributed by atoms with Gasteiger partial charge >= 0.3 is 51.9 Å². The van der Waals surface area contributed by atoms with Crippen LogP contribution in [0.3, 0.4) is 0 Å². The molecule has 6 heteroatoms. The normalized spacial score (nSPS) is 19.2. The third-order valence-corrected chi connectivity index (χ3v) is 0. The summed E-state index contributed by atoms with van der Waals surface area (Å²) in [7, 11) is 18.4. The monoisotopic (exact) mass is 207 g/mol. The van der Waals surface area contributed by atoms with Gasteiger partial charge in [0.25, 0.3) is 0 Å². The van der Waals surface area contributed by atoms with Crippen molar-refractivity contribution in [2.75, 3.05) is 0 Å². The van der Waals surface area contributed by atoms with Gasteiger partial charge in [0.15, 0.2) is 0 Å². The molecule has 0 aromatic heterocycles. The molecule has 0 rings (SSSR count). The van der Waals surface area contributed by atoms with E-state index < -0.39 is 11.6 Å². The summed E-state index contributed by atoms with van der Waals surface area (Å²) in [6, 6.07) is 0. The van der Waals surface area contributed by atoms with Crippen molar-refractivity contribution < 1.29 is 14.7 Å². The van der Waals surface area contributed by atoms with Crippen molar-refractivity contribution in [1.29, 1.82) is 0 Å². The van der Waals surface area contributed by atoms with Crippen LogP contribution in [0.5, 0.6) is 0 Å². The van der Waals surface area contributed by atoms with Crippen LogP contribution in [0.15, 0.2) is 0 Å². The molecular weight excluding hydrogens is 209 g/mol. The van der Waals surface area contributed by atoms with E-state index in [9.17, 15) is 3.09 Å². The molecule has 0 aromatic carbocycles. The summed E-state index contributed by atoms with van der Waals surface area (Å²) < 4.78 is 11.6. The van der Waals surface area contributed by atoms with E-state index in [-0.39, 0.29) is 0 Å². The molecule has 0 saturated carbocycles. The summed E-state index contributed by atoms with van der Waals surface area (Å²) in [5, 5.41) is 0. The Labute approximate surface area is 51.6 Å². The molecule has 0 radical (unpaired) electrons. The van der Waals surface area contributed by atoms with Gasteiger partial charge in [0, 0.05) is 0 Å². The zero-order valence-electron chi connectivity index (χ0n) is 2.39. The molecule has 0 nitrogen and oxygen atoms in total. The van der Waals surface area contributed by atoms with E-state index in [2.05, 4.69) is 37.2 Å². The van der Waals surface area contributed by atoms with E-state index in [1.165, 1.54) is 0 Å². The fourth-order valence-corrected chi connectivity index (χ4v) is 0. The van der Waals surface area contributed by atoms with E-state index in [0.717, 1.165) is 0 Å². The van der Waals surface area contributed by atoms with Gasteiger partial charge in [0.1, 0.15) is 0 Å². The Balaban J connectivity index is 3.73. The van der Waals surface area contributed by atoms with Gasteiger partial charge in [0.05, 0.1) is 0 Å². The van der Waals surface area contributed by atoms with Crippen LogP contribution in [-0.4, -0.2) is 0 Å². The van der Waals surface area contributed by atoms with E-state index >= 15 is 0 Å². The van der Waals surface area contributed by atoms with Gasteiger partial charge < -0.3 is 0 Å². The first-order chi connectivity index (χ1) is 2.24. The van der Waals surface area contributed by atoms with Crippen molar-refractivity contribution in [3.8, 4) is 0 Å². The molecule has 0 spiro atoms. The standard InChI is InChI=1S/4ClH.FH.Ti/h5*1H;/q;;;;;+5/p-5. The summed E-state index contributed by atoms with van der Waals surface area (Å²) in [6.07, 6.45) is 0. The second-order valence-corrected chi connectivity index (χ2v) is 19.4. The average Bonchev–Trinajstić information content (AvgIpc) is 0.650. The van der Waals surface area contributed by atoms with Crippen molar-refractivity contribution in [3.63, 3.8) is 0 Å². The molecule has 0 aliphatic heterocycles. The topological polar surface area (TPSA) is 0 Å². The van der Waals surface area contributed by atoms with Crippen LogP contribution < -0.4 is 0 Å². The number of hydrogen-bond acceptors (Lipinski definition) is 0. The maximum absolute atomic E-state index is 11.6. The molecule has 0 atom stereocenters. The summed E-state index contributed by atoms with van der Waals surface area (Å²) in [5.74, 6) is 0. The van der Waals surface area contributed by atoms with Gasteiger partial charge in [-0.05, 0) is 0 Å². The van der Waals surface area contributed by atoms with Gasteiger partial charge in [-0.2, -0.15) is 0 Å². The molecule has 0 fully saturated rings. The molecule has 0 N–H and O–H groups in total. The van der Waals surface area contributed by atoms with Gasteiger partial charge in [-0.15, -0.1) is 0 Å². The molecular formula is Cl4FTi. The van der Waals surface area contributed by atoms with E-state index in [1.807, 2.05) is 0 Å². The molecule has 0 amide bonds. The van der Waals surface area contributed by atoms with Gasteiger partial charge in [-0.25, -0.2) is 0 Å². The zero-order chi connectivity index (χ0) is 5.45. The molecule has 0 unspecified atom stereocenters. The van der Waals surface area contributed by atoms with Crippen molar-refractivity contribution in [1.82, 2.24) is 0 Å². The molecule has 39 valence electrons. The Hall–Kier alpha value is 1.80. The first-order valence-corrected chi connectivity index (χ1v) is 10.1. The Bertz CT molecular complexity index is 40.7. The molecule has 0 saturated heterocycles. The number of rotatable bonds is 0. The summed E-state index contributed by atoms with van der Waals surface area (Å²) in [4.78, 5) is 0. The Morgan fingerprint density at radius 1 is 1.00 bits per heavy atom. The van der Waals surface area contributed by atoms with E-state index in [1.54, 1.807) is 0 Å². The fraction of sp³-hybridized carbons (Fsp3) is 0. The van der Waals surface area contributed by atoms with Crippen molar-refractivity contribution >= 4 is 37.2 Å². The quantitative estimate of drug-likeness (QED) is 0.537. The van der Waals surface area contributed by atoms with Gasteiger partial charge in [0.2, 0.25) is 0 Å². The van der Waals surface area contributed by atoms with Crippen molar-refractivity contribution in [3.05, 3.63) is 0 Å². The first kappa shape index (κ1) is 7.80. The third-order valence-electron chi connectivity index (χ3n) is 0. The second-order valence-electron chi connectivity index (χ2n) is 0.714. The van der Waals surface area contributed by atoms with Crippen LogP contribution in [0.1, 0.15) is 0 Å². The molecule has 0 aromatic rings. The van der Waals surface area contributed by atoms with Crippen LogP contribution in [0.25, 0.3) is 0 Å². The summed E-state index contributed by atoms with van der Waals surface area (Å²) >= 11 is -5.21. The molecule has 0 heterocycles. The summed E-state index contributed by atoms with van der Waals surface area (Å²) in [5.41, 5.74) is 0. The van der Waals surface area contributed by atoms with Crippen LogP contribution in [0.2, 0.25) is 0 Å². The molecule has 0 bridgehead atoms. The Kier molecular flexibility index (Phi) is 2.14. The van der Waals surface area contributed by atoms with Crippen LogP contribution >= 0.6 is 37.2 Å². The Morgan fingerprint density at radius 3 is 1.00 bits per heavy atom. The van der Waals surface area contributed by atoms with E-state index in [4.69, 9.17) is 0 Å². The molecule has 0 aliphatic rings. The second kappa shape index (κ2) is 1.65. The fourth-order valence-electron chi connectivity index (χ4n) is 0. The Morgan fingerprint density at radius 2 is 1.00 bits per heavy atom. The summed E-state index contributed by atoms with van der Waals surface area (Å²) in [6.45, 7) is 0. The molecule has 0 aliphatic carbocycles. The zero-order valence-corrected chi connectivity index (χ0v) is 6.98. The van der Waals surface area contributed by atoms with E-state index in [0.29, 0.717) is 0 Å². The number of halogens is 5. The minimum absolute atomic E-state index is 4.61. The van der Waals surface area contributed by atoms with Gasteiger partial charge in [-0.1, -0.05) is 0 Å². The van der Waals surface area contributed by atoms with Crippen molar-refractivity contribution in [2.24, 2.45) is 0 Å². The predicted molar refractivity (Wildman–Crippen MR) is 24.5 cm³/mol.